The molecule has 1 aromatic rings. The number of hydrogen-bond donors (Lipinski definition) is 1. The van der Waals surface area contributed by atoms with E-state index in [4.69, 9.17) is 4.74 Å². The molecule has 0 aliphatic carbocycles. The van der Waals surface area contributed by atoms with Gasteiger partial charge in [0, 0.05) is 35.3 Å². The summed E-state index contributed by atoms with van der Waals surface area (Å²) < 4.78 is 5.76. The van der Waals surface area contributed by atoms with E-state index < -0.39 is 0 Å². The van der Waals surface area contributed by atoms with Gasteiger partial charge >= 0.3 is 0 Å². The van der Waals surface area contributed by atoms with Crippen molar-refractivity contribution < 1.29 is 4.74 Å². The van der Waals surface area contributed by atoms with Gasteiger partial charge in [-0.25, -0.2) is 0 Å². The van der Waals surface area contributed by atoms with Crippen molar-refractivity contribution >= 4 is 17.4 Å². The molecule has 1 aliphatic rings. The highest BCUT2D eigenvalue weighted by Crippen LogP contribution is 2.29. The molecule has 19 heavy (non-hydrogen) atoms. The highest BCUT2D eigenvalue weighted by atomic mass is 32.2. The summed E-state index contributed by atoms with van der Waals surface area (Å²) in [7, 11) is 4.11. The van der Waals surface area contributed by atoms with E-state index in [0.717, 1.165) is 24.2 Å². The van der Waals surface area contributed by atoms with Crippen molar-refractivity contribution in [2.24, 2.45) is 0 Å². The van der Waals surface area contributed by atoms with Crippen LogP contribution in [0, 0.1) is 0 Å². The highest BCUT2D eigenvalue weighted by Gasteiger charge is 2.21. The minimum Gasteiger partial charge on any atom is -0.492 e. The number of hydrogen-bond acceptors (Lipinski definition) is 4. The van der Waals surface area contributed by atoms with Crippen molar-refractivity contribution in [3.05, 3.63) is 24.3 Å². The molecule has 4 heteroatoms. The predicted octanol–water partition coefficient (Wildman–Crippen LogP) is 2.93. The third kappa shape index (κ3) is 4.96. The lowest BCUT2D eigenvalue weighted by molar-refractivity contribution is 0.261. The molecular weight excluding hydrogens is 256 g/mol. The Balaban J connectivity index is 1.84. The summed E-state index contributed by atoms with van der Waals surface area (Å²) in [6, 6.07) is 8.89. The largest absolute Gasteiger partial charge is 0.492 e. The van der Waals surface area contributed by atoms with Gasteiger partial charge < -0.3 is 15.0 Å². The molecule has 3 nitrogen and oxygen atoms in total. The Bertz CT molecular complexity index is 397. The summed E-state index contributed by atoms with van der Waals surface area (Å²) in [6.45, 7) is 3.97. The van der Waals surface area contributed by atoms with Crippen LogP contribution in [0.15, 0.2) is 24.3 Å². The third-order valence-electron chi connectivity index (χ3n) is 3.21. The van der Waals surface area contributed by atoms with Gasteiger partial charge in [-0.05, 0) is 32.6 Å². The van der Waals surface area contributed by atoms with E-state index in [0.29, 0.717) is 6.04 Å². The second-order valence-corrected chi connectivity index (χ2v) is 6.87. The fourth-order valence-electron chi connectivity index (χ4n) is 2.18. The van der Waals surface area contributed by atoms with Crippen LogP contribution in [-0.4, -0.2) is 49.2 Å². The first-order valence-electron chi connectivity index (χ1n) is 6.89. The number of rotatable bonds is 6. The summed E-state index contributed by atoms with van der Waals surface area (Å²) >= 11 is 2.05. The molecule has 1 aromatic carbocycles. The molecule has 1 saturated heterocycles. The van der Waals surface area contributed by atoms with Crippen LogP contribution in [0.1, 0.15) is 13.3 Å². The fraction of sp³-hybridized carbons (Fsp3) is 0.600. The monoisotopic (exact) mass is 280 g/mol. The molecule has 0 spiro atoms. The Morgan fingerprint density at radius 2 is 2.26 bits per heavy atom. The van der Waals surface area contributed by atoms with Crippen LogP contribution in [0.5, 0.6) is 5.75 Å². The van der Waals surface area contributed by atoms with Gasteiger partial charge in [-0.2, -0.15) is 11.8 Å². The molecule has 106 valence electrons. The molecule has 0 bridgehead atoms. The maximum Gasteiger partial charge on any atom is 0.121 e. The first-order valence-corrected chi connectivity index (χ1v) is 7.94. The number of nitrogens with one attached hydrogen (secondary N) is 1. The topological polar surface area (TPSA) is 24.5 Å². The van der Waals surface area contributed by atoms with Gasteiger partial charge in [0.25, 0.3) is 0 Å². The maximum atomic E-state index is 5.76. The average Bonchev–Trinajstić information content (AvgIpc) is 2.75. The molecule has 0 saturated carbocycles. The quantitative estimate of drug-likeness (QED) is 0.866. The van der Waals surface area contributed by atoms with E-state index in [-0.39, 0.29) is 0 Å². The second-order valence-electron chi connectivity index (χ2n) is 5.40. The van der Waals surface area contributed by atoms with Crippen molar-refractivity contribution in [2.75, 3.05) is 38.3 Å². The molecular formula is C15H24N2OS. The van der Waals surface area contributed by atoms with Gasteiger partial charge in [0.1, 0.15) is 12.4 Å². The smallest absolute Gasteiger partial charge is 0.121 e. The SMILES string of the molecule is CC1CC(Nc2cccc(OCCN(C)C)c2)CS1. The van der Waals surface area contributed by atoms with Crippen LogP contribution in [0.25, 0.3) is 0 Å². The third-order valence-corrected chi connectivity index (χ3v) is 4.57. The average molecular weight is 280 g/mol. The molecule has 0 aromatic heterocycles. The zero-order valence-corrected chi connectivity index (χ0v) is 12.9. The van der Waals surface area contributed by atoms with Gasteiger partial charge in [0.2, 0.25) is 0 Å². The summed E-state index contributed by atoms with van der Waals surface area (Å²) in [5, 5.41) is 4.37. The molecule has 2 unspecified atom stereocenters. The Hall–Kier alpha value is -0.870. The summed E-state index contributed by atoms with van der Waals surface area (Å²) in [4.78, 5) is 2.12. The van der Waals surface area contributed by atoms with Crippen molar-refractivity contribution in [3.63, 3.8) is 0 Å². The lowest BCUT2D eigenvalue weighted by Crippen LogP contribution is -2.20. The lowest BCUT2D eigenvalue weighted by atomic mass is 10.2. The fourth-order valence-corrected chi connectivity index (χ4v) is 3.32. The minimum absolute atomic E-state index is 0.594. The number of ether oxygens (including phenoxy) is 1. The van der Waals surface area contributed by atoms with Gasteiger partial charge in [0.05, 0.1) is 0 Å². The van der Waals surface area contributed by atoms with Gasteiger partial charge in [-0.15, -0.1) is 0 Å². The van der Waals surface area contributed by atoms with Gasteiger partial charge in [-0.3, -0.25) is 0 Å². The maximum absolute atomic E-state index is 5.76. The molecule has 0 radical (unpaired) electrons. The van der Waals surface area contributed by atoms with E-state index in [1.807, 2.05) is 17.8 Å². The zero-order chi connectivity index (χ0) is 13.7. The molecule has 2 rings (SSSR count). The number of likely N-dealkylation sites (N-methyl/N-ethyl adjacent to an activating group) is 1. The van der Waals surface area contributed by atoms with Crippen LogP contribution < -0.4 is 10.1 Å². The van der Waals surface area contributed by atoms with Crippen LogP contribution >= 0.6 is 11.8 Å². The molecule has 0 amide bonds. The second kappa shape index (κ2) is 7.06. The zero-order valence-electron chi connectivity index (χ0n) is 12.1. The van der Waals surface area contributed by atoms with E-state index in [1.54, 1.807) is 0 Å². The number of benzene rings is 1. The summed E-state index contributed by atoms with van der Waals surface area (Å²) in [6.07, 6.45) is 1.25. The van der Waals surface area contributed by atoms with Crippen molar-refractivity contribution in [1.82, 2.24) is 4.90 Å². The van der Waals surface area contributed by atoms with Crippen molar-refractivity contribution in [1.29, 1.82) is 0 Å². The molecule has 1 fully saturated rings. The number of nitrogens with zero attached hydrogens (tertiary/aromatic N) is 1. The van der Waals surface area contributed by atoms with Crippen LogP contribution in [0.4, 0.5) is 5.69 Å². The molecule has 1 aliphatic heterocycles. The van der Waals surface area contributed by atoms with Gasteiger partial charge in [-0.1, -0.05) is 13.0 Å². The van der Waals surface area contributed by atoms with Crippen LogP contribution in [0.2, 0.25) is 0 Å². The molecule has 1 N–H and O–H groups in total. The predicted molar refractivity (Wildman–Crippen MR) is 84.4 cm³/mol. The van der Waals surface area contributed by atoms with E-state index in [1.165, 1.54) is 17.9 Å². The molecule has 2 atom stereocenters. The van der Waals surface area contributed by atoms with Crippen molar-refractivity contribution in [3.8, 4) is 5.75 Å². The highest BCUT2D eigenvalue weighted by molar-refractivity contribution is 8.00. The Kier molecular flexibility index (Phi) is 5.40. The van der Waals surface area contributed by atoms with E-state index >= 15 is 0 Å². The van der Waals surface area contributed by atoms with Crippen molar-refractivity contribution in [2.45, 2.75) is 24.6 Å². The Morgan fingerprint density at radius 1 is 1.42 bits per heavy atom. The first-order chi connectivity index (χ1) is 9.13. The Labute approximate surface area is 120 Å². The molecule has 1 heterocycles. The normalized spacial score (nSPS) is 22.7. The Morgan fingerprint density at radius 3 is 2.95 bits per heavy atom. The van der Waals surface area contributed by atoms with E-state index in [9.17, 15) is 0 Å². The first kappa shape index (κ1) is 14.5. The standard InChI is InChI=1S/C15H24N2OS/c1-12-9-14(11-19-12)16-13-5-4-6-15(10-13)18-8-7-17(2)3/h4-6,10,12,14,16H,7-9,11H2,1-3H3. The van der Waals surface area contributed by atoms with Crippen LogP contribution in [0.3, 0.4) is 0 Å². The van der Waals surface area contributed by atoms with E-state index in [2.05, 4.69) is 49.4 Å². The summed E-state index contributed by atoms with van der Waals surface area (Å²) in [5.74, 6) is 2.15. The van der Waals surface area contributed by atoms with Gasteiger partial charge in [0.15, 0.2) is 0 Å². The number of anilines is 1. The lowest BCUT2D eigenvalue weighted by Gasteiger charge is -2.15. The van der Waals surface area contributed by atoms with Crippen LogP contribution in [-0.2, 0) is 0 Å². The minimum atomic E-state index is 0.594. The summed E-state index contributed by atoms with van der Waals surface area (Å²) in [5.41, 5.74) is 1.17. The number of thioether (sulfide) groups is 1.